The van der Waals surface area contributed by atoms with Crippen molar-refractivity contribution in [3.8, 4) is 17.0 Å². The van der Waals surface area contributed by atoms with Gasteiger partial charge in [0.25, 0.3) is 0 Å². The first kappa shape index (κ1) is 18.6. The highest BCUT2D eigenvalue weighted by Crippen LogP contribution is 2.35. The molecule has 0 saturated heterocycles. The maximum absolute atomic E-state index is 12.8. The third kappa shape index (κ3) is 3.64. The molecule has 1 aliphatic rings. The van der Waals surface area contributed by atoms with Crippen molar-refractivity contribution < 1.29 is 9.53 Å². The molecule has 1 amide bonds. The highest BCUT2D eigenvalue weighted by atomic mass is 16.5. The lowest BCUT2D eigenvalue weighted by Crippen LogP contribution is -2.36. The molecule has 0 spiro atoms. The minimum absolute atomic E-state index is 0.227. The summed E-state index contributed by atoms with van der Waals surface area (Å²) in [6.45, 7) is 2.17. The number of methoxy groups -OCH3 is 1. The fourth-order valence-corrected chi connectivity index (χ4v) is 3.99. The van der Waals surface area contributed by atoms with E-state index in [4.69, 9.17) is 4.74 Å². The van der Waals surface area contributed by atoms with Crippen LogP contribution in [0.4, 0.5) is 0 Å². The molecule has 4 nitrogen and oxygen atoms in total. The summed E-state index contributed by atoms with van der Waals surface area (Å²) in [5.74, 6) is 1.76. The Balaban J connectivity index is 1.60. The van der Waals surface area contributed by atoms with E-state index in [2.05, 4.69) is 42.2 Å². The van der Waals surface area contributed by atoms with Gasteiger partial charge in [-0.1, -0.05) is 18.2 Å². The zero-order valence-corrected chi connectivity index (χ0v) is 16.9. The zero-order chi connectivity index (χ0) is 19.7. The maximum atomic E-state index is 12.8. The van der Waals surface area contributed by atoms with Gasteiger partial charge in [0.2, 0.25) is 5.91 Å². The zero-order valence-electron chi connectivity index (χ0n) is 16.9. The van der Waals surface area contributed by atoms with Gasteiger partial charge in [-0.3, -0.25) is 4.79 Å². The normalized spacial score (nSPS) is 14.8. The van der Waals surface area contributed by atoms with E-state index in [0.717, 1.165) is 28.9 Å². The van der Waals surface area contributed by atoms with Gasteiger partial charge in [-0.15, -0.1) is 0 Å². The first-order valence-electron chi connectivity index (χ1n) is 10.1. The highest BCUT2D eigenvalue weighted by molar-refractivity contribution is 5.91. The molecule has 4 rings (SSSR count). The van der Waals surface area contributed by atoms with E-state index in [0.29, 0.717) is 18.4 Å². The van der Waals surface area contributed by atoms with Crippen LogP contribution >= 0.6 is 0 Å². The number of nitrogens with zero attached hydrogens (tertiary/aromatic N) is 1. The molecule has 28 heavy (non-hydrogen) atoms. The van der Waals surface area contributed by atoms with Gasteiger partial charge in [0.15, 0.2) is 0 Å². The molecule has 146 valence electrons. The first-order chi connectivity index (χ1) is 13.6. The molecule has 0 aliphatic heterocycles. The van der Waals surface area contributed by atoms with Gasteiger partial charge in [-0.05, 0) is 73.6 Å². The van der Waals surface area contributed by atoms with Crippen LogP contribution in [0, 0.1) is 5.92 Å². The quantitative estimate of drug-likeness (QED) is 0.628. The van der Waals surface area contributed by atoms with Crippen molar-refractivity contribution in [2.24, 2.45) is 5.92 Å². The molecular formula is C24H28N2O2. The van der Waals surface area contributed by atoms with E-state index in [1.54, 1.807) is 7.11 Å². The lowest BCUT2D eigenvalue weighted by molar-refractivity contribution is -0.132. The summed E-state index contributed by atoms with van der Waals surface area (Å²) < 4.78 is 5.29. The van der Waals surface area contributed by atoms with E-state index in [1.807, 2.05) is 30.1 Å². The van der Waals surface area contributed by atoms with Crippen molar-refractivity contribution in [3.63, 3.8) is 0 Å². The third-order valence-electron chi connectivity index (χ3n) is 6.09. The molecule has 0 bridgehead atoms. The monoisotopic (exact) mass is 376 g/mol. The number of benzene rings is 2. The van der Waals surface area contributed by atoms with Crippen molar-refractivity contribution in [2.75, 3.05) is 14.2 Å². The minimum atomic E-state index is 0.227. The van der Waals surface area contributed by atoms with Gasteiger partial charge in [0.05, 0.1) is 7.11 Å². The van der Waals surface area contributed by atoms with Crippen LogP contribution in [0.25, 0.3) is 22.2 Å². The molecule has 0 radical (unpaired) electrons. The summed E-state index contributed by atoms with van der Waals surface area (Å²) in [6, 6.07) is 16.7. The van der Waals surface area contributed by atoms with Crippen molar-refractivity contribution in [1.29, 1.82) is 0 Å². The molecule has 1 heterocycles. The Morgan fingerprint density at radius 3 is 2.57 bits per heavy atom. The van der Waals surface area contributed by atoms with Crippen molar-refractivity contribution in [1.82, 2.24) is 9.88 Å². The fourth-order valence-electron chi connectivity index (χ4n) is 3.99. The number of aromatic nitrogens is 1. The van der Waals surface area contributed by atoms with Crippen LogP contribution < -0.4 is 4.74 Å². The minimum Gasteiger partial charge on any atom is -0.497 e. The average Bonchev–Trinajstić information content (AvgIpc) is 3.52. The number of amides is 1. The van der Waals surface area contributed by atoms with Gasteiger partial charge in [-0.2, -0.15) is 0 Å². The van der Waals surface area contributed by atoms with E-state index in [-0.39, 0.29) is 5.91 Å². The smallest absolute Gasteiger partial charge is 0.222 e. The van der Waals surface area contributed by atoms with Gasteiger partial charge >= 0.3 is 0 Å². The number of aryl methyl sites for hydroxylation is 1. The average molecular weight is 377 g/mol. The van der Waals surface area contributed by atoms with Crippen LogP contribution in [0.1, 0.15) is 31.7 Å². The second-order valence-electron chi connectivity index (χ2n) is 7.84. The second-order valence-corrected chi connectivity index (χ2v) is 7.84. The standard InChI is InChI=1S/C24H28N2O2/c1-16(17-8-9-17)26(2)23(27)15-14-21-20-6-4-5-7-22(20)25-24(21)18-10-12-19(28-3)13-11-18/h4-7,10-13,16-17,25H,8-9,14-15H2,1-3H3. The van der Waals surface area contributed by atoms with Crippen LogP contribution in [0.15, 0.2) is 48.5 Å². The second kappa shape index (κ2) is 7.70. The largest absolute Gasteiger partial charge is 0.497 e. The third-order valence-corrected chi connectivity index (χ3v) is 6.09. The Bertz CT molecular complexity index is 970. The Kier molecular flexibility index (Phi) is 5.12. The number of nitrogens with one attached hydrogen (secondary N) is 1. The van der Waals surface area contributed by atoms with E-state index < -0.39 is 0 Å². The molecule has 1 unspecified atom stereocenters. The van der Waals surface area contributed by atoms with E-state index >= 15 is 0 Å². The Labute approximate surface area is 166 Å². The number of aromatic amines is 1. The summed E-state index contributed by atoms with van der Waals surface area (Å²) in [6.07, 6.45) is 3.76. The molecule has 1 aliphatic carbocycles. The fraction of sp³-hybridized carbons (Fsp3) is 0.375. The Hall–Kier alpha value is -2.75. The van der Waals surface area contributed by atoms with Gasteiger partial charge in [0.1, 0.15) is 5.75 Å². The van der Waals surface area contributed by atoms with Gasteiger partial charge < -0.3 is 14.6 Å². The number of rotatable bonds is 7. The predicted molar refractivity (Wildman–Crippen MR) is 114 cm³/mol. The van der Waals surface area contributed by atoms with E-state index in [9.17, 15) is 4.79 Å². The Morgan fingerprint density at radius 2 is 1.89 bits per heavy atom. The number of hydrogen-bond acceptors (Lipinski definition) is 2. The molecule has 1 N–H and O–H groups in total. The van der Waals surface area contributed by atoms with E-state index in [1.165, 1.54) is 23.8 Å². The summed E-state index contributed by atoms with van der Waals surface area (Å²) >= 11 is 0. The van der Waals surface area contributed by atoms with Crippen LogP contribution in [0.2, 0.25) is 0 Å². The lowest BCUT2D eigenvalue weighted by Gasteiger charge is -2.25. The predicted octanol–water partition coefficient (Wildman–Crippen LogP) is 5.03. The van der Waals surface area contributed by atoms with Crippen LogP contribution in [0.3, 0.4) is 0 Å². The topological polar surface area (TPSA) is 45.3 Å². The summed E-state index contributed by atoms with van der Waals surface area (Å²) in [7, 11) is 3.62. The number of hydrogen-bond donors (Lipinski definition) is 1. The van der Waals surface area contributed by atoms with Crippen LogP contribution in [-0.2, 0) is 11.2 Å². The number of carbonyl (C=O) groups excluding carboxylic acids is 1. The van der Waals surface area contributed by atoms with Crippen molar-refractivity contribution in [3.05, 3.63) is 54.1 Å². The molecule has 2 aromatic carbocycles. The number of H-pyrrole nitrogens is 1. The summed E-state index contributed by atoms with van der Waals surface area (Å²) in [5, 5.41) is 1.19. The van der Waals surface area contributed by atoms with Crippen molar-refractivity contribution in [2.45, 2.75) is 38.6 Å². The highest BCUT2D eigenvalue weighted by Gasteiger charge is 2.32. The number of ether oxygens (including phenoxy) is 1. The molecule has 1 atom stereocenters. The summed E-state index contributed by atoms with van der Waals surface area (Å²) in [4.78, 5) is 18.3. The first-order valence-corrected chi connectivity index (χ1v) is 10.1. The summed E-state index contributed by atoms with van der Waals surface area (Å²) in [5.41, 5.74) is 4.52. The SMILES string of the molecule is COc1ccc(-c2[nH]c3ccccc3c2CCC(=O)N(C)C(C)C2CC2)cc1. The molecule has 3 aromatic rings. The molecule has 1 fully saturated rings. The maximum Gasteiger partial charge on any atom is 0.222 e. The molecule has 1 saturated carbocycles. The van der Waals surface area contributed by atoms with Gasteiger partial charge in [0, 0.05) is 36.1 Å². The Morgan fingerprint density at radius 1 is 1.18 bits per heavy atom. The number of carbonyl (C=O) groups is 1. The van der Waals surface area contributed by atoms with Gasteiger partial charge in [-0.25, -0.2) is 0 Å². The van der Waals surface area contributed by atoms with Crippen LogP contribution in [0.5, 0.6) is 5.75 Å². The number of fused-ring (bicyclic) bond motifs is 1. The molecular weight excluding hydrogens is 348 g/mol. The number of para-hydroxylation sites is 1. The molecule has 1 aromatic heterocycles. The van der Waals surface area contributed by atoms with Crippen LogP contribution in [-0.4, -0.2) is 36.0 Å². The lowest BCUT2D eigenvalue weighted by atomic mass is 10.0. The molecule has 4 heteroatoms. The van der Waals surface area contributed by atoms with Crippen molar-refractivity contribution >= 4 is 16.8 Å².